The number of imidazole rings is 1. The second-order valence-corrected chi connectivity index (χ2v) is 4.62. The third kappa shape index (κ3) is 1.61. The molecule has 1 aromatic carbocycles. The Balaban J connectivity index is 2.32. The van der Waals surface area contributed by atoms with Crippen molar-refractivity contribution in [1.29, 1.82) is 0 Å². The Morgan fingerprint density at radius 3 is 2.53 bits per heavy atom. The van der Waals surface area contributed by atoms with Gasteiger partial charge >= 0.3 is 0 Å². The molecule has 0 aliphatic heterocycles. The average Bonchev–Trinajstić information content (AvgIpc) is 2.70. The molecule has 84 valence electrons. The van der Waals surface area contributed by atoms with Gasteiger partial charge < -0.3 is 5.73 Å². The van der Waals surface area contributed by atoms with E-state index in [0.29, 0.717) is 5.82 Å². The van der Waals surface area contributed by atoms with E-state index in [-0.39, 0.29) is 0 Å². The van der Waals surface area contributed by atoms with E-state index < -0.39 is 0 Å². The fourth-order valence-electron chi connectivity index (χ4n) is 1.86. The van der Waals surface area contributed by atoms with Gasteiger partial charge in [0.2, 0.25) is 0 Å². The molecule has 0 saturated heterocycles. The lowest BCUT2D eigenvalue weighted by molar-refractivity contribution is 1.19. The molecule has 0 unspecified atom stereocenters. The van der Waals surface area contributed by atoms with Crippen LogP contribution in [0.25, 0.3) is 16.9 Å². The molecular formula is C13H10BrN3. The second-order valence-electron chi connectivity index (χ2n) is 3.76. The first-order valence-electron chi connectivity index (χ1n) is 5.25. The minimum atomic E-state index is 0.660. The van der Waals surface area contributed by atoms with Gasteiger partial charge in [0.05, 0.1) is 4.47 Å². The molecular weight excluding hydrogens is 278 g/mol. The van der Waals surface area contributed by atoms with Crippen LogP contribution in [-0.2, 0) is 0 Å². The van der Waals surface area contributed by atoms with Gasteiger partial charge in [0.15, 0.2) is 5.65 Å². The van der Waals surface area contributed by atoms with Crippen LogP contribution in [0, 0.1) is 0 Å². The van der Waals surface area contributed by atoms with Crippen LogP contribution >= 0.6 is 15.9 Å². The Morgan fingerprint density at radius 2 is 1.82 bits per heavy atom. The monoisotopic (exact) mass is 287 g/mol. The number of anilines is 1. The van der Waals surface area contributed by atoms with Crippen molar-refractivity contribution in [2.75, 3.05) is 5.73 Å². The number of hydrogen-bond acceptors (Lipinski definition) is 2. The van der Waals surface area contributed by atoms with Gasteiger partial charge in [-0.05, 0) is 28.1 Å². The number of aromatic nitrogens is 2. The van der Waals surface area contributed by atoms with Crippen molar-refractivity contribution in [2.24, 2.45) is 0 Å². The van der Waals surface area contributed by atoms with Crippen molar-refractivity contribution >= 4 is 27.4 Å². The van der Waals surface area contributed by atoms with Crippen molar-refractivity contribution in [2.45, 2.75) is 0 Å². The summed E-state index contributed by atoms with van der Waals surface area (Å²) in [5.41, 5.74) is 8.80. The predicted molar refractivity (Wildman–Crippen MR) is 72.7 cm³/mol. The molecule has 0 aliphatic carbocycles. The van der Waals surface area contributed by atoms with Crippen LogP contribution in [0.2, 0.25) is 0 Å². The Bertz CT molecular complexity index is 674. The van der Waals surface area contributed by atoms with Gasteiger partial charge in [-0.1, -0.05) is 30.3 Å². The number of pyridine rings is 1. The number of fused-ring (bicyclic) bond motifs is 1. The number of nitrogens with two attached hydrogens (primary N) is 1. The molecule has 0 radical (unpaired) electrons. The van der Waals surface area contributed by atoms with Crippen molar-refractivity contribution < 1.29 is 0 Å². The molecule has 0 bridgehead atoms. The maximum atomic E-state index is 6.12. The molecule has 2 aromatic heterocycles. The highest BCUT2D eigenvalue weighted by Gasteiger charge is 2.12. The molecule has 0 fully saturated rings. The fraction of sp³-hybridized carbons (Fsp3) is 0. The van der Waals surface area contributed by atoms with Crippen LogP contribution < -0.4 is 5.73 Å². The zero-order valence-electron chi connectivity index (χ0n) is 8.97. The summed E-state index contributed by atoms with van der Waals surface area (Å²) < 4.78 is 2.82. The molecule has 0 aliphatic rings. The first kappa shape index (κ1) is 10.4. The quantitative estimate of drug-likeness (QED) is 0.746. The lowest BCUT2D eigenvalue weighted by Crippen LogP contribution is -1.93. The molecule has 3 nitrogen and oxygen atoms in total. The third-order valence-corrected chi connectivity index (χ3v) is 3.31. The van der Waals surface area contributed by atoms with Gasteiger partial charge in [-0.15, -0.1) is 0 Å². The Labute approximate surface area is 107 Å². The summed E-state index contributed by atoms with van der Waals surface area (Å²) in [5, 5.41) is 0. The van der Waals surface area contributed by atoms with Gasteiger partial charge in [0.25, 0.3) is 0 Å². The molecule has 17 heavy (non-hydrogen) atoms. The number of halogens is 1. The zero-order chi connectivity index (χ0) is 11.8. The van der Waals surface area contributed by atoms with Gasteiger partial charge in [-0.2, -0.15) is 0 Å². The number of benzene rings is 1. The Morgan fingerprint density at radius 1 is 1.06 bits per heavy atom. The van der Waals surface area contributed by atoms with Crippen LogP contribution in [0.5, 0.6) is 0 Å². The molecule has 0 saturated carbocycles. The van der Waals surface area contributed by atoms with E-state index >= 15 is 0 Å². The van der Waals surface area contributed by atoms with Gasteiger partial charge in [0, 0.05) is 11.8 Å². The number of hydrogen-bond donors (Lipinski definition) is 1. The van der Waals surface area contributed by atoms with E-state index in [2.05, 4.69) is 20.9 Å². The average molecular weight is 288 g/mol. The van der Waals surface area contributed by atoms with E-state index in [9.17, 15) is 0 Å². The summed E-state index contributed by atoms with van der Waals surface area (Å²) in [6.45, 7) is 0. The van der Waals surface area contributed by atoms with Crippen molar-refractivity contribution in [3.8, 4) is 11.3 Å². The van der Waals surface area contributed by atoms with Crippen LogP contribution in [0.15, 0.2) is 53.1 Å². The minimum absolute atomic E-state index is 0.660. The molecule has 0 spiro atoms. The summed E-state index contributed by atoms with van der Waals surface area (Å²) in [6.07, 6.45) is 1.91. The molecule has 2 heterocycles. The summed E-state index contributed by atoms with van der Waals surface area (Å²) >= 11 is 3.48. The fourth-order valence-corrected chi connectivity index (χ4v) is 2.29. The highest BCUT2D eigenvalue weighted by Crippen LogP contribution is 2.28. The Hall–Kier alpha value is -1.81. The SMILES string of the molecule is Nc1c(-c2ccccc2)nc2c(Br)cccn12. The van der Waals surface area contributed by atoms with Crippen molar-refractivity contribution in [3.05, 3.63) is 53.1 Å². The molecule has 4 heteroatoms. The summed E-state index contributed by atoms with van der Waals surface area (Å²) in [4.78, 5) is 4.57. The topological polar surface area (TPSA) is 43.3 Å². The highest BCUT2D eigenvalue weighted by molar-refractivity contribution is 9.10. The van der Waals surface area contributed by atoms with Crippen LogP contribution in [0.4, 0.5) is 5.82 Å². The minimum Gasteiger partial charge on any atom is -0.383 e. The van der Waals surface area contributed by atoms with E-state index in [0.717, 1.165) is 21.4 Å². The molecule has 2 N–H and O–H groups in total. The van der Waals surface area contributed by atoms with Crippen molar-refractivity contribution in [1.82, 2.24) is 9.38 Å². The first-order chi connectivity index (χ1) is 8.27. The lowest BCUT2D eigenvalue weighted by atomic mass is 10.1. The van der Waals surface area contributed by atoms with Gasteiger partial charge in [-0.25, -0.2) is 4.98 Å². The first-order valence-corrected chi connectivity index (χ1v) is 6.04. The van der Waals surface area contributed by atoms with Gasteiger partial charge in [-0.3, -0.25) is 4.40 Å². The van der Waals surface area contributed by atoms with Crippen molar-refractivity contribution in [3.63, 3.8) is 0 Å². The second kappa shape index (κ2) is 3.89. The summed E-state index contributed by atoms with van der Waals surface area (Å²) in [7, 11) is 0. The maximum absolute atomic E-state index is 6.12. The standard InChI is InChI=1S/C13H10BrN3/c14-10-7-4-8-17-12(15)11(16-13(10)17)9-5-2-1-3-6-9/h1-8H,15H2. The van der Waals surface area contributed by atoms with E-state index in [1.165, 1.54) is 0 Å². The maximum Gasteiger partial charge on any atom is 0.153 e. The molecule has 3 rings (SSSR count). The highest BCUT2D eigenvalue weighted by atomic mass is 79.9. The van der Waals surface area contributed by atoms with Gasteiger partial charge in [0.1, 0.15) is 11.5 Å². The third-order valence-electron chi connectivity index (χ3n) is 2.69. The normalized spacial score (nSPS) is 10.9. The van der Waals surface area contributed by atoms with Crippen LogP contribution in [-0.4, -0.2) is 9.38 Å². The molecule has 3 aromatic rings. The Kier molecular flexibility index (Phi) is 2.37. The number of rotatable bonds is 1. The predicted octanol–water partition coefficient (Wildman–Crippen LogP) is 3.35. The van der Waals surface area contributed by atoms with E-state index in [1.54, 1.807) is 0 Å². The van der Waals surface area contributed by atoms with E-state index in [4.69, 9.17) is 5.73 Å². The molecule has 0 amide bonds. The van der Waals surface area contributed by atoms with Crippen LogP contribution in [0.1, 0.15) is 0 Å². The smallest absolute Gasteiger partial charge is 0.153 e. The number of nitrogens with zero attached hydrogens (tertiary/aromatic N) is 2. The number of nitrogen functional groups attached to an aromatic ring is 1. The zero-order valence-corrected chi connectivity index (χ0v) is 10.6. The molecule has 0 atom stereocenters. The lowest BCUT2D eigenvalue weighted by Gasteiger charge is -1.98. The van der Waals surface area contributed by atoms with E-state index in [1.807, 2.05) is 53.1 Å². The van der Waals surface area contributed by atoms with Crippen LogP contribution in [0.3, 0.4) is 0 Å². The summed E-state index contributed by atoms with van der Waals surface area (Å²) in [5.74, 6) is 0.660. The largest absolute Gasteiger partial charge is 0.383 e. The summed E-state index contributed by atoms with van der Waals surface area (Å²) in [6, 6.07) is 13.8.